The van der Waals surface area contributed by atoms with E-state index in [9.17, 15) is 4.79 Å². The third-order valence-corrected chi connectivity index (χ3v) is 2.31. The van der Waals surface area contributed by atoms with E-state index in [0.717, 1.165) is 16.5 Å². The second-order valence-electron chi connectivity index (χ2n) is 3.18. The van der Waals surface area contributed by atoms with Crippen LogP contribution in [0, 0.1) is 13.8 Å². The Labute approximate surface area is 75.8 Å². The predicted octanol–water partition coefficient (Wildman–Crippen LogP) is 2.41. The topological polar surface area (TPSA) is 30.2 Å². The molecule has 0 fully saturated rings. The lowest BCUT2D eigenvalue weighted by molar-refractivity contribution is 0.558. The Hall–Kier alpha value is -1.57. The van der Waals surface area contributed by atoms with Crippen molar-refractivity contribution in [1.82, 2.24) is 0 Å². The van der Waals surface area contributed by atoms with Crippen LogP contribution in [0.3, 0.4) is 0 Å². The molecule has 0 aliphatic rings. The molecule has 0 atom stereocenters. The zero-order valence-corrected chi connectivity index (χ0v) is 7.63. The van der Waals surface area contributed by atoms with Crippen LogP contribution in [-0.2, 0) is 0 Å². The molecule has 1 aromatic heterocycles. The fourth-order valence-electron chi connectivity index (χ4n) is 1.37. The maximum absolute atomic E-state index is 11.0. The lowest BCUT2D eigenvalue weighted by Gasteiger charge is -2.02. The van der Waals surface area contributed by atoms with Gasteiger partial charge in [-0.25, -0.2) is 4.79 Å². The van der Waals surface area contributed by atoms with E-state index in [1.165, 1.54) is 6.07 Å². The van der Waals surface area contributed by atoms with Gasteiger partial charge in [0, 0.05) is 11.5 Å². The Bertz CT molecular complexity index is 509. The van der Waals surface area contributed by atoms with Crippen LogP contribution in [0.15, 0.2) is 33.5 Å². The highest BCUT2D eigenvalue weighted by Gasteiger charge is 2.02. The van der Waals surface area contributed by atoms with E-state index >= 15 is 0 Å². The van der Waals surface area contributed by atoms with Crippen LogP contribution in [0.25, 0.3) is 11.0 Å². The third kappa shape index (κ3) is 1.24. The van der Waals surface area contributed by atoms with Gasteiger partial charge in [-0.1, -0.05) is 12.1 Å². The van der Waals surface area contributed by atoms with Crippen molar-refractivity contribution in [3.8, 4) is 0 Å². The molecule has 2 aromatic rings. The van der Waals surface area contributed by atoms with E-state index < -0.39 is 0 Å². The van der Waals surface area contributed by atoms with Crippen LogP contribution in [0.1, 0.15) is 11.1 Å². The highest BCUT2D eigenvalue weighted by molar-refractivity contribution is 5.80. The monoisotopic (exact) mass is 174 g/mol. The molecule has 2 nitrogen and oxygen atoms in total. The molecule has 0 aliphatic carbocycles. The van der Waals surface area contributed by atoms with E-state index in [1.807, 2.05) is 26.0 Å². The average Bonchev–Trinajstić information content (AvgIpc) is 2.12. The number of rotatable bonds is 0. The second-order valence-corrected chi connectivity index (χ2v) is 3.18. The number of hydrogen-bond acceptors (Lipinski definition) is 2. The summed E-state index contributed by atoms with van der Waals surface area (Å²) < 4.78 is 5.12. The van der Waals surface area contributed by atoms with Gasteiger partial charge in [0.05, 0.1) is 0 Å². The first-order valence-corrected chi connectivity index (χ1v) is 4.18. The van der Waals surface area contributed by atoms with Crippen molar-refractivity contribution in [1.29, 1.82) is 0 Å². The minimum absolute atomic E-state index is 0.291. The van der Waals surface area contributed by atoms with Gasteiger partial charge in [0.15, 0.2) is 0 Å². The van der Waals surface area contributed by atoms with Gasteiger partial charge < -0.3 is 4.42 Å². The Morgan fingerprint density at radius 1 is 1.08 bits per heavy atom. The Balaban J connectivity index is 2.97. The molecule has 0 radical (unpaired) electrons. The van der Waals surface area contributed by atoms with Crippen molar-refractivity contribution < 1.29 is 4.42 Å². The molecule has 0 N–H and O–H groups in total. The standard InChI is InChI=1S/C11H10O2/c1-7-3-4-9-5-6-10(12)13-11(9)8(7)2/h3-6H,1-2H3. The molecule has 0 aliphatic heterocycles. The van der Waals surface area contributed by atoms with Gasteiger partial charge in [-0.05, 0) is 31.0 Å². The molecule has 2 rings (SSSR count). The zero-order chi connectivity index (χ0) is 9.42. The molecule has 2 heteroatoms. The van der Waals surface area contributed by atoms with Gasteiger partial charge in [0.1, 0.15) is 5.58 Å². The summed E-state index contributed by atoms with van der Waals surface area (Å²) in [7, 11) is 0. The summed E-state index contributed by atoms with van der Waals surface area (Å²) in [5.41, 5.74) is 2.59. The minimum Gasteiger partial charge on any atom is -0.422 e. The van der Waals surface area contributed by atoms with Crippen molar-refractivity contribution in [3.63, 3.8) is 0 Å². The van der Waals surface area contributed by atoms with E-state index in [2.05, 4.69) is 0 Å². The van der Waals surface area contributed by atoms with Crippen LogP contribution >= 0.6 is 0 Å². The second kappa shape index (κ2) is 2.73. The normalized spacial score (nSPS) is 10.6. The van der Waals surface area contributed by atoms with Gasteiger partial charge in [-0.2, -0.15) is 0 Å². The fraction of sp³-hybridized carbons (Fsp3) is 0.182. The molecule has 66 valence electrons. The molecule has 0 unspecified atom stereocenters. The molecule has 0 spiro atoms. The first-order chi connectivity index (χ1) is 6.18. The van der Waals surface area contributed by atoms with Crippen LogP contribution in [0.5, 0.6) is 0 Å². The van der Waals surface area contributed by atoms with Crippen LogP contribution in [0.2, 0.25) is 0 Å². The van der Waals surface area contributed by atoms with Gasteiger partial charge in [0.2, 0.25) is 0 Å². The summed E-state index contributed by atoms with van der Waals surface area (Å²) in [4.78, 5) is 11.0. The van der Waals surface area contributed by atoms with Crippen LogP contribution in [0.4, 0.5) is 0 Å². The van der Waals surface area contributed by atoms with Crippen molar-refractivity contribution in [2.45, 2.75) is 13.8 Å². The van der Waals surface area contributed by atoms with E-state index in [0.29, 0.717) is 5.58 Å². The van der Waals surface area contributed by atoms with Crippen molar-refractivity contribution >= 4 is 11.0 Å². The Morgan fingerprint density at radius 2 is 1.77 bits per heavy atom. The number of benzene rings is 1. The predicted molar refractivity (Wildman–Crippen MR) is 52.0 cm³/mol. The van der Waals surface area contributed by atoms with Crippen molar-refractivity contribution in [3.05, 3.63) is 45.8 Å². The lowest BCUT2D eigenvalue weighted by Crippen LogP contribution is -1.96. The SMILES string of the molecule is Cc1ccc2ccc(=O)oc2c1C. The molecule has 0 saturated carbocycles. The molecule has 0 saturated heterocycles. The largest absolute Gasteiger partial charge is 0.422 e. The highest BCUT2D eigenvalue weighted by atomic mass is 16.4. The van der Waals surface area contributed by atoms with Gasteiger partial charge in [-0.3, -0.25) is 0 Å². The van der Waals surface area contributed by atoms with Crippen molar-refractivity contribution in [2.75, 3.05) is 0 Å². The van der Waals surface area contributed by atoms with Crippen LogP contribution < -0.4 is 5.63 Å². The summed E-state index contributed by atoms with van der Waals surface area (Å²) in [5.74, 6) is 0. The molecule has 1 heterocycles. The molecule has 13 heavy (non-hydrogen) atoms. The number of hydrogen-bond donors (Lipinski definition) is 0. The van der Waals surface area contributed by atoms with E-state index in [1.54, 1.807) is 6.07 Å². The quantitative estimate of drug-likeness (QED) is 0.574. The Morgan fingerprint density at radius 3 is 2.54 bits per heavy atom. The summed E-state index contributed by atoms with van der Waals surface area (Å²) in [5, 5.41) is 0.975. The van der Waals surface area contributed by atoms with Gasteiger partial charge in [-0.15, -0.1) is 0 Å². The lowest BCUT2D eigenvalue weighted by atomic mass is 10.1. The maximum Gasteiger partial charge on any atom is 0.336 e. The fourth-order valence-corrected chi connectivity index (χ4v) is 1.37. The van der Waals surface area contributed by atoms with E-state index in [-0.39, 0.29) is 5.63 Å². The number of fused-ring (bicyclic) bond motifs is 1. The van der Waals surface area contributed by atoms with Gasteiger partial charge in [0.25, 0.3) is 0 Å². The zero-order valence-electron chi connectivity index (χ0n) is 7.63. The minimum atomic E-state index is -0.291. The van der Waals surface area contributed by atoms with Gasteiger partial charge >= 0.3 is 5.63 Å². The first-order valence-electron chi connectivity index (χ1n) is 4.18. The molecular formula is C11H10O2. The maximum atomic E-state index is 11.0. The summed E-state index contributed by atoms with van der Waals surface area (Å²) >= 11 is 0. The summed E-state index contributed by atoms with van der Waals surface area (Å²) in [6.07, 6.45) is 0. The first kappa shape index (κ1) is 8.05. The summed E-state index contributed by atoms with van der Waals surface area (Å²) in [6, 6.07) is 7.21. The Kier molecular flexibility index (Phi) is 1.69. The average molecular weight is 174 g/mol. The smallest absolute Gasteiger partial charge is 0.336 e. The van der Waals surface area contributed by atoms with Crippen LogP contribution in [-0.4, -0.2) is 0 Å². The van der Waals surface area contributed by atoms with E-state index in [4.69, 9.17) is 4.42 Å². The van der Waals surface area contributed by atoms with Crippen molar-refractivity contribution in [2.24, 2.45) is 0 Å². The summed E-state index contributed by atoms with van der Waals surface area (Å²) in [6.45, 7) is 3.96. The number of aryl methyl sites for hydroxylation is 2. The molecule has 1 aromatic carbocycles. The molecule has 0 amide bonds. The molecule has 0 bridgehead atoms. The highest BCUT2D eigenvalue weighted by Crippen LogP contribution is 2.19. The third-order valence-electron chi connectivity index (χ3n) is 2.31. The molecular weight excluding hydrogens is 164 g/mol.